The first-order chi connectivity index (χ1) is 14.9. The number of nitrogens with zero attached hydrogens (tertiary/aromatic N) is 2. The third-order valence-corrected chi connectivity index (χ3v) is 5.01. The molecule has 0 amide bonds. The Balaban J connectivity index is 0.000000478. The molecule has 2 heterocycles. The maximum atomic E-state index is 10.1. The first-order valence-electron chi connectivity index (χ1n) is 10.2. The van der Waals surface area contributed by atoms with Crippen LogP contribution < -0.4 is 14.4 Å². The number of aryl methyl sites for hydroxylation is 1. The lowest BCUT2D eigenvalue weighted by Crippen LogP contribution is -2.07. The number of phenols is 1. The largest absolute Gasteiger partial charge is 0.502 e. The summed E-state index contributed by atoms with van der Waals surface area (Å²) in [7, 11) is 6.97. The summed E-state index contributed by atoms with van der Waals surface area (Å²) in [6.45, 7) is 3.88. The lowest BCUT2D eigenvalue weighted by atomic mass is 10.1. The predicted octanol–water partition coefficient (Wildman–Crippen LogP) is 4.90. The van der Waals surface area contributed by atoms with Crippen molar-refractivity contribution in [1.29, 1.82) is 0 Å². The van der Waals surface area contributed by atoms with Gasteiger partial charge in [-0.05, 0) is 44.0 Å². The topological polar surface area (TPSA) is 77.2 Å². The number of oxazole rings is 1. The Hall–Kier alpha value is -3.19. The van der Waals surface area contributed by atoms with Gasteiger partial charge in [0.1, 0.15) is 11.5 Å². The highest BCUT2D eigenvalue weighted by molar-refractivity contribution is 5.70. The minimum atomic E-state index is -0.0541. The number of aromatic nitrogens is 1. The maximum absolute atomic E-state index is 10.1. The van der Waals surface area contributed by atoms with Crippen LogP contribution in [0, 0.1) is 6.92 Å². The van der Waals surface area contributed by atoms with Crippen LogP contribution in [0.1, 0.15) is 18.6 Å². The molecule has 1 aliphatic rings. The van der Waals surface area contributed by atoms with Crippen LogP contribution in [0.15, 0.2) is 40.8 Å². The first kappa shape index (κ1) is 22.5. The molecule has 0 radical (unpaired) electrons. The molecule has 1 aliphatic heterocycles. The fourth-order valence-corrected chi connectivity index (χ4v) is 3.23. The predicted molar refractivity (Wildman–Crippen MR) is 121 cm³/mol. The molecule has 0 spiro atoms. The lowest BCUT2D eigenvalue weighted by molar-refractivity contribution is 0.198. The van der Waals surface area contributed by atoms with E-state index < -0.39 is 0 Å². The average Bonchev–Trinajstić information content (AvgIpc) is 3.47. The Morgan fingerprint density at radius 2 is 1.52 bits per heavy atom. The number of ether oxygens (including phenoxy) is 3. The first-order valence-corrected chi connectivity index (χ1v) is 10.2. The van der Waals surface area contributed by atoms with Crippen LogP contribution in [-0.2, 0) is 4.74 Å². The molecule has 0 bridgehead atoms. The van der Waals surface area contributed by atoms with Crippen molar-refractivity contribution >= 4 is 5.69 Å². The minimum absolute atomic E-state index is 0.0541. The van der Waals surface area contributed by atoms with E-state index in [1.165, 1.54) is 27.1 Å². The van der Waals surface area contributed by atoms with Crippen molar-refractivity contribution in [2.24, 2.45) is 0 Å². The molecule has 3 aromatic rings. The van der Waals surface area contributed by atoms with Gasteiger partial charge < -0.3 is 28.6 Å². The molecule has 0 saturated carbocycles. The fourth-order valence-electron chi connectivity index (χ4n) is 3.23. The number of phenolic OH excluding ortho intramolecular Hbond substituents is 1. The highest BCUT2D eigenvalue weighted by atomic mass is 16.5. The Morgan fingerprint density at radius 1 is 0.935 bits per heavy atom. The second-order valence-electron chi connectivity index (χ2n) is 7.41. The van der Waals surface area contributed by atoms with Crippen molar-refractivity contribution in [1.82, 2.24) is 4.98 Å². The molecule has 7 nitrogen and oxygen atoms in total. The molecule has 4 rings (SSSR count). The normalized spacial score (nSPS) is 12.8. The number of hydrogen-bond donors (Lipinski definition) is 1. The molecule has 0 unspecified atom stereocenters. The highest BCUT2D eigenvalue weighted by Gasteiger charge is 2.18. The number of methoxy groups -OCH3 is 2. The van der Waals surface area contributed by atoms with Crippen LogP contribution >= 0.6 is 0 Å². The standard InChI is InChI=1S/C20H22N2O4.C4H8O/c1-12-18(13-6-8-15(9-7-13)22(2)3)21-20(26-12)14-10-16(24-4)19(23)17(11-14)25-5;1-2-4-5-3-1/h6-11,23H,1-5H3;1-4H2. The molecule has 31 heavy (non-hydrogen) atoms. The Labute approximate surface area is 183 Å². The van der Waals surface area contributed by atoms with Gasteiger partial charge in [0, 0.05) is 44.1 Å². The summed E-state index contributed by atoms with van der Waals surface area (Å²) in [6.07, 6.45) is 2.56. The van der Waals surface area contributed by atoms with Gasteiger partial charge in [-0.3, -0.25) is 0 Å². The van der Waals surface area contributed by atoms with Crippen LogP contribution in [0.5, 0.6) is 17.2 Å². The molecule has 2 aromatic carbocycles. The van der Waals surface area contributed by atoms with Crippen LogP contribution in [0.2, 0.25) is 0 Å². The molecule has 1 saturated heterocycles. The van der Waals surface area contributed by atoms with E-state index in [1.807, 2.05) is 50.2 Å². The van der Waals surface area contributed by atoms with Crippen LogP contribution in [0.4, 0.5) is 5.69 Å². The number of benzene rings is 2. The molecule has 0 atom stereocenters. The molecule has 0 aliphatic carbocycles. The van der Waals surface area contributed by atoms with Crippen molar-refractivity contribution in [3.05, 3.63) is 42.2 Å². The summed E-state index contributed by atoms with van der Waals surface area (Å²) < 4.78 is 21.2. The van der Waals surface area contributed by atoms with E-state index in [0.29, 0.717) is 28.7 Å². The van der Waals surface area contributed by atoms with E-state index in [9.17, 15) is 5.11 Å². The van der Waals surface area contributed by atoms with Crippen molar-refractivity contribution < 1.29 is 23.7 Å². The van der Waals surface area contributed by atoms with Gasteiger partial charge in [-0.15, -0.1) is 0 Å². The van der Waals surface area contributed by atoms with Crippen molar-refractivity contribution in [2.45, 2.75) is 19.8 Å². The Morgan fingerprint density at radius 3 is 1.97 bits per heavy atom. The summed E-state index contributed by atoms with van der Waals surface area (Å²) in [6, 6.07) is 11.4. The fraction of sp³-hybridized carbons (Fsp3) is 0.375. The Kier molecular flexibility index (Phi) is 7.41. The van der Waals surface area contributed by atoms with E-state index in [-0.39, 0.29) is 5.75 Å². The van der Waals surface area contributed by atoms with E-state index in [2.05, 4.69) is 4.98 Å². The monoisotopic (exact) mass is 426 g/mol. The van der Waals surface area contributed by atoms with Gasteiger partial charge in [-0.1, -0.05) is 12.1 Å². The van der Waals surface area contributed by atoms with Crippen LogP contribution in [-0.4, -0.2) is 51.6 Å². The van der Waals surface area contributed by atoms with Crippen LogP contribution in [0.25, 0.3) is 22.7 Å². The summed E-state index contributed by atoms with van der Waals surface area (Å²) in [5.74, 6) is 1.69. The summed E-state index contributed by atoms with van der Waals surface area (Å²) >= 11 is 0. The van der Waals surface area contributed by atoms with Crippen molar-refractivity contribution in [2.75, 3.05) is 46.4 Å². The quantitative estimate of drug-likeness (QED) is 0.621. The van der Waals surface area contributed by atoms with Crippen LogP contribution in [0.3, 0.4) is 0 Å². The molecule has 1 fully saturated rings. The number of rotatable bonds is 5. The molecular weight excluding hydrogens is 396 g/mol. The van der Waals surface area contributed by atoms with E-state index in [4.69, 9.17) is 18.6 Å². The van der Waals surface area contributed by atoms with Gasteiger partial charge in [-0.25, -0.2) is 4.98 Å². The number of hydrogen-bond acceptors (Lipinski definition) is 7. The number of anilines is 1. The van der Waals surface area contributed by atoms with E-state index >= 15 is 0 Å². The second-order valence-corrected chi connectivity index (χ2v) is 7.41. The van der Waals surface area contributed by atoms with E-state index in [1.54, 1.807) is 12.1 Å². The third kappa shape index (κ3) is 5.30. The zero-order valence-corrected chi connectivity index (χ0v) is 18.8. The Bertz CT molecular complexity index is 959. The zero-order valence-electron chi connectivity index (χ0n) is 18.8. The second kappa shape index (κ2) is 10.2. The van der Waals surface area contributed by atoms with Gasteiger partial charge in [0.25, 0.3) is 0 Å². The summed E-state index contributed by atoms with van der Waals surface area (Å²) in [5.41, 5.74) is 3.52. The van der Waals surface area contributed by atoms with Crippen molar-refractivity contribution in [3.8, 4) is 40.0 Å². The van der Waals surface area contributed by atoms with Crippen molar-refractivity contribution in [3.63, 3.8) is 0 Å². The van der Waals surface area contributed by atoms with Gasteiger partial charge in [0.05, 0.1) is 14.2 Å². The third-order valence-electron chi connectivity index (χ3n) is 5.01. The van der Waals surface area contributed by atoms with Gasteiger partial charge in [0.2, 0.25) is 11.6 Å². The molecule has 7 heteroatoms. The molecule has 1 N–H and O–H groups in total. The summed E-state index contributed by atoms with van der Waals surface area (Å²) in [4.78, 5) is 6.67. The van der Waals surface area contributed by atoms with Gasteiger partial charge >= 0.3 is 0 Å². The summed E-state index contributed by atoms with van der Waals surface area (Å²) in [5, 5.41) is 10.1. The van der Waals surface area contributed by atoms with Gasteiger partial charge in [0.15, 0.2) is 11.5 Å². The number of aromatic hydroxyl groups is 1. The zero-order chi connectivity index (χ0) is 22.4. The molecule has 166 valence electrons. The lowest BCUT2D eigenvalue weighted by Gasteiger charge is -2.12. The minimum Gasteiger partial charge on any atom is -0.502 e. The maximum Gasteiger partial charge on any atom is 0.227 e. The SMILES string of the molecule is C1CCOC1.COc1cc(-c2nc(-c3ccc(N(C)C)cc3)c(C)o2)cc(OC)c1O. The smallest absolute Gasteiger partial charge is 0.227 e. The van der Waals surface area contributed by atoms with E-state index in [0.717, 1.165) is 30.2 Å². The highest BCUT2D eigenvalue weighted by Crippen LogP contribution is 2.41. The molecule has 1 aromatic heterocycles. The van der Waals surface area contributed by atoms with Gasteiger partial charge in [-0.2, -0.15) is 0 Å². The molecular formula is C24H30N2O5. The average molecular weight is 427 g/mol.